The molecule has 9 rings (SSSR count). The van der Waals surface area contributed by atoms with Crippen molar-refractivity contribution in [3.63, 3.8) is 0 Å². The summed E-state index contributed by atoms with van der Waals surface area (Å²) in [5.74, 6) is -9.15. The minimum absolute atomic E-state index is 1.05. The Balaban J connectivity index is 1.71. The zero-order valence-electron chi connectivity index (χ0n) is 30.2. The van der Waals surface area contributed by atoms with E-state index in [-0.39, 0.29) is 0 Å². The molecule has 8 aromatic carbocycles. The number of rotatable bonds is 9. The fourth-order valence-electron chi connectivity index (χ4n) is 9.62. The average Bonchev–Trinajstić information content (AvgIpc) is 3.66. The number of hydrogen-bond acceptors (Lipinski definition) is 0. The molecule has 0 atom stereocenters. The molecule has 4 heteroatoms. The summed E-state index contributed by atoms with van der Waals surface area (Å²) in [5.41, 5.74) is 4.47. The average molecular weight is 786 g/mol. The second kappa shape index (κ2) is 13.6. The molecular formula is C51H40Cl2P2. The number of halogens is 2. The maximum atomic E-state index is 9.78. The fourth-order valence-corrected chi connectivity index (χ4v) is 31.0. The first kappa shape index (κ1) is 35.6. The molecular weight excluding hydrogens is 745 g/mol. The topological polar surface area (TPSA) is 0 Å². The predicted octanol–water partition coefficient (Wildman–Crippen LogP) is 11.7. The molecule has 0 amide bonds. The second-order valence-corrected chi connectivity index (χ2v) is 27.2. The minimum atomic E-state index is -4.57. The Hall–Kier alpha value is -5.06. The summed E-state index contributed by atoms with van der Waals surface area (Å²) in [7, 11) is 0. The molecule has 0 fully saturated rings. The van der Waals surface area contributed by atoms with Gasteiger partial charge in [0, 0.05) is 0 Å². The van der Waals surface area contributed by atoms with E-state index in [9.17, 15) is 22.5 Å². The van der Waals surface area contributed by atoms with Gasteiger partial charge in [0.25, 0.3) is 0 Å². The quantitative estimate of drug-likeness (QED) is 0.128. The Morgan fingerprint density at radius 2 is 0.545 bits per heavy atom. The second-order valence-electron chi connectivity index (χ2n) is 14.2. The van der Waals surface area contributed by atoms with Crippen molar-refractivity contribution in [2.45, 2.75) is 4.90 Å². The third-order valence-electron chi connectivity index (χ3n) is 11.8. The van der Waals surface area contributed by atoms with Gasteiger partial charge in [0.2, 0.25) is 0 Å². The molecule has 0 nitrogen and oxygen atoms in total. The third kappa shape index (κ3) is 4.61. The fraction of sp³-hybridized carbons (Fsp3) is 0.0196. The van der Waals surface area contributed by atoms with Crippen LogP contribution in [0, 0.1) is 0 Å². The molecule has 268 valence electrons. The Morgan fingerprint density at radius 3 is 0.855 bits per heavy atom. The zero-order valence-corrected chi connectivity index (χ0v) is 33.5. The van der Waals surface area contributed by atoms with Crippen molar-refractivity contribution in [1.29, 1.82) is 0 Å². The van der Waals surface area contributed by atoms with Gasteiger partial charge in [-0.2, -0.15) is 0 Å². The van der Waals surface area contributed by atoms with Crippen molar-refractivity contribution < 1.29 is 0 Å². The van der Waals surface area contributed by atoms with Crippen LogP contribution in [0.2, 0.25) is 0 Å². The summed E-state index contributed by atoms with van der Waals surface area (Å²) in [4.78, 5) is -1.14. The van der Waals surface area contributed by atoms with E-state index in [1.54, 1.807) is 0 Å². The van der Waals surface area contributed by atoms with Crippen LogP contribution in [0.5, 0.6) is 0 Å². The number of hydrogen-bond donors (Lipinski definition) is 0. The van der Waals surface area contributed by atoms with E-state index >= 15 is 0 Å². The molecule has 8 aromatic rings. The summed E-state index contributed by atoms with van der Waals surface area (Å²) in [6.45, 7) is 0. The van der Waals surface area contributed by atoms with E-state index in [4.69, 9.17) is 0 Å². The first-order valence-corrected chi connectivity index (χ1v) is 24.9. The van der Waals surface area contributed by atoms with Crippen molar-refractivity contribution >= 4 is 71.8 Å². The number of allylic oxidation sites excluding steroid dienone is 1. The van der Waals surface area contributed by atoms with Gasteiger partial charge in [-0.3, -0.25) is 0 Å². The van der Waals surface area contributed by atoms with Crippen LogP contribution in [0.15, 0.2) is 243 Å². The summed E-state index contributed by atoms with van der Waals surface area (Å²) >= 11 is 19.6. The Bertz CT molecular complexity index is 2280. The molecule has 1 aliphatic carbocycles. The Labute approximate surface area is 334 Å². The number of benzene rings is 8. The summed E-state index contributed by atoms with van der Waals surface area (Å²) in [6, 6.07) is 84.9. The van der Waals surface area contributed by atoms with E-state index in [0.29, 0.717) is 0 Å². The molecule has 55 heavy (non-hydrogen) atoms. The molecule has 0 saturated heterocycles. The van der Waals surface area contributed by atoms with Gasteiger partial charge < -0.3 is 0 Å². The van der Waals surface area contributed by atoms with Crippen LogP contribution >= 0.6 is 34.4 Å². The van der Waals surface area contributed by atoms with Crippen molar-refractivity contribution in [2.75, 3.05) is 0 Å². The summed E-state index contributed by atoms with van der Waals surface area (Å²) < 4.78 is 0. The molecule has 0 bridgehead atoms. The normalized spacial score (nSPS) is 16.8. The molecule has 0 radical (unpaired) electrons. The Morgan fingerprint density at radius 1 is 0.291 bits per heavy atom. The molecule has 0 unspecified atom stereocenters. The summed E-state index contributed by atoms with van der Waals surface area (Å²) in [6.07, 6.45) is 2.54. The van der Waals surface area contributed by atoms with E-state index in [2.05, 4.69) is 243 Å². The monoisotopic (exact) mass is 784 g/mol. The van der Waals surface area contributed by atoms with Gasteiger partial charge in [0.15, 0.2) is 0 Å². The molecule has 0 saturated carbocycles. The van der Waals surface area contributed by atoms with Gasteiger partial charge in [-0.1, -0.05) is 0 Å². The van der Waals surface area contributed by atoms with Crippen LogP contribution in [0.25, 0.3) is 5.57 Å². The van der Waals surface area contributed by atoms with Gasteiger partial charge in [-0.15, -0.1) is 0 Å². The molecule has 0 spiro atoms. The van der Waals surface area contributed by atoms with E-state index < -0.39 is 16.8 Å². The first-order chi connectivity index (χ1) is 27.0. The van der Waals surface area contributed by atoms with Gasteiger partial charge >= 0.3 is 336 Å². The van der Waals surface area contributed by atoms with Gasteiger partial charge in [-0.25, -0.2) is 0 Å². The van der Waals surface area contributed by atoms with Crippen molar-refractivity contribution in [1.82, 2.24) is 0 Å². The molecule has 0 N–H and O–H groups in total. The maximum absolute atomic E-state index is 9.78. The van der Waals surface area contributed by atoms with E-state index in [1.165, 1.54) is 0 Å². The van der Waals surface area contributed by atoms with Gasteiger partial charge in [0.1, 0.15) is 0 Å². The van der Waals surface area contributed by atoms with Gasteiger partial charge in [-0.05, 0) is 0 Å². The SMILES string of the molecule is ClP(c1ccccc1)(c1ccccc1)(c1ccccc1)C1(P(Cl)(c2ccccc2)(c2ccccc2)c2ccccc2)C=C(c2ccccc2)c2ccccc21. The molecule has 0 aromatic heterocycles. The standard InChI is InChI=1S/C51H40Cl2P2/c52-54(42-26-10-2-11-27-42,43-28-12-3-13-29-43,44-30-14-4-15-31-44)51(40-49(41-24-8-1-9-25-41)48-38-22-23-39-50(48)51)55(53,45-32-16-5-17-33-45,46-34-18-6-19-35-46)47-36-20-7-21-37-47/h1-40H. The molecule has 1 aliphatic rings. The van der Waals surface area contributed by atoms with Crippen LogP contribution in [-0.2, 0) is 4.90 Å². The van der Waals surface area contributed by atoms with Crippen molar-refractivity contribution in [3.05, 3.63) is 259 Å². The van der Waals surface area contributed by atoms with Crippen LogP contribution in [-0.4, -0.2) is 0 Å². The molecule has 0 heterocycles. The Kier molecular flexibility index (Phi) is 8.81. The third-order valence-corrected chi connectivity index (χ3v) is 30.9. The van der Waals surface area contributed by atoms with E-state index in [1.807, 2.05) is 0 Å². The van der Waals surface area contributed by atoms with Crippen LogP contribution in [0.3, 0.4) is 0 Å². The predicted molar refractivity (Wildman–Crippen MR) is 244 cm³/mol. The first-order valence-electron chi connectivity index (χ1n) is 18.7. The molecule has 0 aliphatic heterocycles. The van der Waals surface area contributed by atoms with Gasteiger partial charge in [0.05, 0.1) is 0 Å². The van der Waals surface area contributed by atoms with Crippen molar-refractivity contribution in [3.8, 4) is 0 Å². The summed E-state index contributed by atoms with van der Waals surface area (Å²) in [5, 5.41) is 6.28. The van der Waals surface area contributed by atoms with Crippen LogP contribution < -0.4 is 31.8 Å². The zero-order chi connectivity index (χ0) is 37.5. The van der Waals surface area contributed by atoms with Crippen LogP contribution in [0.4, 0.5) is 0 Å². The van der Waals surface area contributed by atoms with Crippen LogP contribution in [0.1, 0.15) is 16.7 Å². The number of fused-ring (bicyclic) bond motifs is 1. The van der Waals surface area contributed by atoms with E-state index in [0.717, 1.165) is 54.1 Å². The van der Waals surface area contributed by atoms with Crippen molar-refractivity contribution in [2.24, 2.45) is 0 Å².